The van der Waals surface area contributed by atoms with Gasteiger partial charge in [0.1, 0.15) is 6.29 Å². The molecular formula is C19H28OSi. The van der Waals surface area contributed by atoms with E-state index in [0.717, 1.165) is 6.29 Å². The Bertz CT molecular complexity index is 482. The average molecular weight is 301 g/mol. The zero-order valence-corrected chi connectivity index (χ0v) is 14.6. The zero-order chi connectivity index (χ0) is 15.3. The Kier molecular flexibility index (Phi) is 5.57. The van der Waals surface area contributed by atoms with E-state index in [9.17, 15) is 4.79 Å². The first-order valence-corrected chi connectivity index (χ1v) is 11.3. The number of carbonyl (C=O) groups is 1. The molecule has 1 aromatic rings. The molecule has 0 radical (unpaired) electrons. The van der Waals surface area contributed by atoms with Gasteiger partial charge in [-0.05, 0) is 31.2 Å². The molecular weight excluding hydrogens is 272 g/mol. The summed E-state index contributed by atoms with van der Waals surface area (Å²) in [5.41, 5.74) is 2.00. The van der Waals surface area contributed by atoms with Gasteiger partial charge in [-0.1, -0.05) is 73.6 Å². The predicted molar refractivity (Wildman–Crippen MR) is 93.7 cm³/mol. The Balaban J connectivity index is 2.33. The van der Waals surface area contributed by atoms with E-state index in [1.54, 1.807) is 5.57 Å². The normalized spacial score (nSPS) is 18.9. The van der Waals surface area contributed by atoms with Gasteiger partial charge in [-0.25, -0.2) is 0 Å². The Hall–Kier alpha value is -1.15. The number of carbonyl (C=O) groups excluding carboxylic acids is 1. The molecule has 1 aromatic carbocycles. The minimum Gasteiger partial charge on any atom is -0.303 e. The van der Waals surface area contributed by atoms with Crippen LogP contribution in [-0.4, -0.2) is 14.4 Å². The standard InChI is InChI=1S/C19H28OSi/c1-16(15-20)19(14-17-10-6-4-7-11-17)21(2,3)18-12-8-5-9-13-18/h5,8-9,12-16,19H,4,6-7,10-11H2,1-3H3/t16-,19-/m0/s1. The molecule has 0 spiro atoms. The second-order valence-corrected chi connectivity index (χ2v) is 11.7. The van der Waals surface area contributed by atoms with Crippen molar-refractivity contribution in [2.45, 2.75) is 57.7 Å². The van der Waals surface area contributed by atoms with Crippen molar-refractivity contribution < 1.29 is 4.79 Å². The average Bonchev–Trinajstić information content (AvgIpc) is 2.53. The maximum Gasteiger partial charge on any atom is 0.123 e. The molecule has 2 rings (SSSR count). The van der Waals surface area contributed by atoms with E-state index in [2.05, 4.69) is 56.4 Å². The molecule has 1 nitrogen and oxygen atoms in total. The molecule has 2 atom stereocenters. The van der Waals surface area contributed by atoms with Gasteiger partial charge < -0.3 is 4.79 Å². The van der Waals surface area contributed by atoms with Gasteiger partial charge in [-0.3, -0.25) is 0 Å². The Morgan fingerprint density at radius 2 is 1.67 bits per heavy atom. The first-order valence-electron chi connectivity index (χ1n) is 8.26. The summed E-state index contributed by atoms with van der Waals surface area (Å²) in [6.07, 6.45) is 10.1. The van der Waals surface area contributed by atoms with Crippen LogP contribution in [0.25, 0.3) is 0 Å². The summed E-state index contributed by atoms with van der Waals surface area (Å²) in [6.45, 7) is 6.91. The molecule has 1 aliphatic rings. The van der Waals surface area contributed by atoms with Crippen molar-refractivity contribution in [3.8, 4) is 0 Å². The van der Waals surface area contributed by atoms with E-state index >= 15 is 0 Å². The zero-order valence-electron chi connectivity index (χ0n) is 13.6. The quantitative estimate of drug-likeness (QED) is 0.438. The molecule has 21 heavy (non-hydrogen) atoms. The Morgan fingerprint density at radius 1 is 1.05 bits per heavy atom. The number of rotatable bonds is 5. The molecule has 1 fully saturated rings. The van der Waals surface area contributed by atoms with Crippen LogP contribution >= 0.6 is 0 Å². The van der Waals surface area contributed by atoms with Crippen LogP contribution in [0.15, 0.2) is 42.0 Å². The molecule has 0 amide bonds. The minimum atomic E-state index is -1.68. The van der Waals surface area contributed by atoms with Crippen LogP contribution in [0.2, 0.25) is 18.6 Å². The van der Waals surface area contributed by atoms with Crippen LogP contribution in [-0.2, 0) is 4.79 Å². The van der Waals surface area contributed by atoms with E-state index in [4.69, 9.17) is 0 Å². The molecule has 114 valence electrons. The first kappa shape index (κ1) is 16.2. The van der Waals surface area contributed by atoms with Crippen LogP contribution in [0.4, 0.5) is 0 Å². The lowest BCUT2D eigenvalue weighted by atomic mass is 9.93. The first-order chi connectivity index (χ1) is 10.1. The van der Waals surface area contributed by atoms with E-state index in [1.165, 1.54) is 37.3 Å². The second kappa shape index (κ2) is 7.21. The lowest BCUT2D eigenvalue weighted by molar-refractivity contribution is -0.110. The molecule has 1 saturated carbocycles. The van der Waals surface area contributed by atoms with Gasteiger partial charge in [0.15, 0.2) is 0 Å². The van der Waals surface area contributed by atoms with Crippen LogP contribution in [0.5, 0.6) is 0 Å². The summed E-state index contributed by atoms with van der Waals surface area (Å²) in [7, 11) is -1.68. The third-order valence-corrected chi connectivity index (χ3v) is 9.22. The highest BCUT2D eigenvalue weighted by Crippen LogP contribution is 2.34. The SMILES string of the molecule is C[C@@H](C=O)[C@H](C=C1CCCCC1)[Si](C)(C)c1ccccc1. The minimum absolute atomic E-state index is 0.112. The molecule has 2 heteroatoms. The van der Waals surface area contributed by atoms with Crippen molar-refractivity contribution in [3.63, 3.8) is 0 Å². The number of allylic oxidation sites excluding steroid dienone is 2. The smallest absolute Gasteiger partial charge is 0.123 e. The Morgan fingerprint density at radius 3 is 2.24 bits per heavy atom. The summed E-state index contributed by atoms with van der Waals surface area (Å²) in [5, 5.41) is 1.45. The highest BCUT2D eigenvalue weighted by Gasteiger charge is 2.35. The van der Waals surface area contributed by atoms with Crippen molar-refractivity contribution in [2.24, 2.45) is 5.92 Å². The fourth-order valence-corrected chi connectivity index (χ4v) is 7.07. The third kappa shape index (κ3) is 3.94. The molecule has 0 N–H and O–H groups in total. The second-order valence-electron chi connectivity index (χ2n) is 6.99. The lowest BCUT2D eigenvalue weighted by Gasteiger charge is -2.34. The van der Waals surface area contributed by atoms with E-state index in [-0.39, 0.29) is 5.92 Å². The molecule has 0 heterocycles. The largest absolute Gasteiger partial charge is 0.303 e. The molecule has 1 aliphatic carbocycles. The van der Waals surface area contributed by atoms with Gasteiger partial charge in [-0.2, -0.15) is 0 Å². The molecule has 0 aliphatic heterocycles. The van der Waals surface area contributed by atoms with Crippen molar-refractivity contribution >= 4 is 19.5 Å². The van der Waals surface area contributed by atoms with Crippen LogP contribution < -0.4 is 5.19 Å². The number of hydrogen-bond acceptors (Lipinski definition) is 1. The molecule has 0 aromatic heterocycles. The van der Waals surface area contributed by atoms with Crippen molar-refractivity contribution in [1.29, 1.82) is 0 Å². The monoisotopic (exact) mass is 300 g/mol. The third-order valence-electron chi connectivity index (χ3n) is 5.04. The summed E-state index contributed by atoms with van der Waals surface area (Å²) in [5.74, 6) is 0.112. The lowest BCUT2D eigenvalue weighted by Crippen LogP contribution is -2.47. The fourth-order valence-electron chi connectivity index (χ4n) is 3.59. The van der Waals surface area contributed by atoms with Gasteiger partial charge in [0.25, 0.3) is 0 Å². The molecule has 0 unspecified atom stereocenters. The Labute approximate surface area is 130 Å². The molecule has 0 saturated heterocycles. The maximum atomic E-state index is 11.5. The van der Waals surface area contributed by atoms with E-state index in [1.807, 2.05) is 0 Å². The van der Waals surface area contributed by atoms with Crippen LogP contribution in [0.3, 0.4) is 0 Å². The molecule has 0 bridgehead atoms. The van der Waals surface area contributed by atoms with Crippen molar-refractivity contribution in [3.05, 3.63) is 42.0 Å². The van der Waals surface area contributed by atoms with E-state index in [0.29, 0.717) is 5.54 Å². The van der Waals surface area contributed by atoms with Gasteiger partial charge in [-0.15, -0.1) is 0 Å². The van der Waals surface area contributed by atoms with Crippen molar-refractivity contribution in [2.75, 3.05) is 0 Å². The summed E-state index contributed by atoms with van der Waals surface area (Å²) < 4.78 is 0. The summed E-state index contributed by atoms with van der Waals surface area (Å²) >= 11 is 0. The number of hydrogen-bond donors (Lipinski definition) is 0. The summed E-state index contributed by atoms with van der Waals surface area (Å²) in [6, 6.07) is 10.8. The summed E-state index contributed by atoms with van der Waals surface area (Å²) in [4.78, 5) is 11.5. The van der Waals surface area contributed by atoms with Gasteiger partial charge >= 0.3 is 0 Å². The van der Waals surface area contributed by atoms with Crippen LogP contribution in [0, 0.1) is 5.92 Å². The number of benzene rings is 1. The van der Waals surface area contributed by atoms with Gasteiger partial charge in [0.2, 0.25) is 0 Å². The fraction of sp³-hybridized carbons (Fsp3) is 0.526. The van der Waals surface area contributed by atoms with Gasteiger partial charge in [0.05, 0.1) is 8.07 Å². The maximum absolute atomic E-state index is 11.5. The van der Waals surface area contributed by atoms with Gasteiger partial charge in [0, 0.05) is 5.92 Å². The van der Waals surface area contributed by atoms with Crippen LogP contribution in [0.1, 0.15) is 39.0 Å². The highest BCUT2D eigenvalue weighted by molar-refractivity contribution is 6.91. The predicted octanol–water partition coefficient (Wildman–Crippen LogP) is 4.70. The van der Waals surface area contributed by atoms with Crippen molar-refractivity contribution in [1.82, 2.24) is 0 Å². The van der Waals surface area contributed by atoms with E-state index < -0.39 is 8.07 Å². The topological polar surface area (TPSA) is 17.1 Å². The highest BCUT2D eigenvalue weighted by atomic mass is 28.3. The number of aldehydes is 1.